The van der Waals surface area contributed by atoms with E-state index in [-0.39, 0.29) is 17.9 Å². The van der Waals surface area contributed by atoms with Crippen LogP contribution in [0.3, 0.4) is 0 Å². The maximum absolute atomic E-state index is 11.8. The van der Waals surface area contributed by atoms with Crippen LogP contribution in [0, 0.1) is 5.92 Å². The molecule has 0 bridgehead atoms. The van der Waals surface area contributed by atoms with E-state index in [9.17, 15) is 9.90 Å². The molecule has 2 atom stereocenters. The van der Waals surface area contributed by atoms with Crippen molar-refractivity contribution >= 4 is 5.91 Å². The minimum absolute atomic E-state index is 0.00338. The predicted octanol–water partition coefficient (Wildman–Crippen LogP) is 0.781. The molecule has 1 aliphatic rings. The zero-order valence-corrected chi connectivity index (χ0v) is 10.3. The van der Waals surface area contributed by atoms with Gasteiger partial charge in [-0.25, -0.2) is 0 Å². The van der Waals surface area contributed by atoms with Gasteiger partial charge >= 0.3 is 0 Å². The second-order valence-corrected chi connectivity index (χ2v) is 4.85. The molecule has 0 aromatic carbocycles. The predicted molar refractivity (Wildman–Crippen MR) is 63.9 cm³/mol. The van der Waals surface area contributed by atoms with Crippen LogP contribution in [-0.4, -0.2) is 29.2 Å². The third-order valence-electron chi connectivity index (χ3n) is 3.81. The minimum Gasteiger partial charge on any atom is -0.388 e. The molecule has 1 aliphatic carbocycles. The molecule has 1 saturated carbocycles. The Hall–Kier alpha value is -0.610. The van der Waals surface area contributed by atoms with Gasteiger partial charge in [-0.05, 0) is 25.7 Å². The molecule has 4 N–H and O–H groups in total. The van der Waals surface area contributed by atoms with Crippen LogP contribution in [0.15, 0.2) is 0 Å². The van der Waals surface area contributed by atoms with Gasteiger partial charge < -0.3 is 16.2 Å². The smallest absolute Gasteiger partial charge is 0.224 e. The average molecular weight is 228 g/mol. The molecule has 0 aromatic heterocycles. The van der Waals surface area contributed by atoms with Gasteiger partial charge in [0.15, 0.2) is 0 Å². The molecule has 4 nitrogen and oxygen atoms in total. The topological polar surface area (TPSA) is 75.3 Å². The van der Waals surface area contributed by atoms with E-state index in [1.807, 2.05) is 13.8 Å². The lowest BCUT2D eigenvalue weighted by Crippen LogP contribution is -2.46. The van der Waals surface area contributed by atoms with Crippen molar-refractivity contribution in [1.82, 2.24) is 5.32 Å². The Morgan fingerprint density at radius 1 is 1.44 bits per heavy atom. The molecule has 1 fully saturated rings. The van der Waals surface area contributed by atoms with Crippen LogP contribution in [0.2, 0.25) is 0 Å². The molecule has 0 aromatic rings. The fraction of sp³-hybridized carbons (Fsp3) is 0.917. The molecule has 16 heavy (non-hydrogen) atoms. The van der Waals surface area contributed by atoms with E-state index in [0.717, 1.165) is 19.3 Å². The highest BCUT2D eigenvalue weighted by atomic mass is 16.3. The van der Waals surface area contributed by atoms with Gasteiger partial charge in [-0.15, -0.1) is 0 Å². The zero-order chi connectivity index (χ0) is 12.2. The normalized spacial score (nSPS) is 25.8. The number of aliphatic hydroxyl groups is 1. The van der Waals surface area contributed by atoms with E-state index in [1.54, 1.807) is 0 Å². The third kappa shape index (κ3) is 3.19. The van der Waals surface area contributed by atoms with Gasteiger partial charge in [0.2, 0.25) is 5.91 Å². The van der Waals surface area contributed by atoms with Crippen LogP contribution < -0.4 is 11.1 Å². The standard InChI is InChI=1S/C12H24N2O2/c1-3-12(16,4-2)8-14-11(15)9-6-5-7-10(9)13/h9-10,16H,3-8,13H2,1-2H3,(H,14,15). The first-order valence-corrected chi connectivity index (χ1v) is 6.28. The molecule has 4 heteroatoms. The molecule has 1 rings (SSSR count). The van der Waals surface area contributed by atoms with Gasteiger partial charge in [-0.2, -0.15) is 0 Å². The van der Waals surface area contributed by atoms with E-state index in [2.05, 4.69) is 5.32 Å². The summed E-state index contributed by atoms with van der Waals surface area (Å²) >= 11 is 0. The van der Waals surface area contributed by atoms with Gasteiger partial charge in [-0.3, -0.25) is 4.79 Å². The highest BCUT2D eigenvalue weighted by Crippen LogP contribution is 2.24. The van der Waals surface area contributed by atoms with E-state index in [0.29, 0.717) is 19.4 Å². The first-order valence-electron chi connectivity index (χ1n) is 6.28. The summed E-state index contributed by atoms with van der Waals surface area (Å²) in [5.41, 5.74) is 5.10. The Morgan fingerprint density at radius 3 is 2.50 bits per heavy atom. The minimum atomic E-state index is -0.766. The molecular weight excluding hydrogens is 204 g/mol. The van der Waals surface area contributed by atoms with Crippen molar-refractivity contribution in [3.8, 4) is 0 Å². The van der Waals surface area contributed by atoms with Crippen molar-refractivity contribution in [3.05, 3.63) is 0 Å². The van der Waals surface area contributed by atoms with Gasteiger partial charge in [-0.1, -0.05) is 20.3 Å². The molecule has 0 radical (unpaired) electrons. The van der Waals surface area contributed by atoms with Gasteiger partial charge in [0, 0.05) is 12.6 Å². The van der Waals surface area contributed by atoms with Crippen LogP contribution in [-0.2, 0) is 4.79 Å². The second-order valence-electron chi connectivity index (χ2n) is 4.85. The van der Waals surface area contributed by atoms with E-state index < -0.39 is 5.60 Å². The highest BCUT2D eigenvalue weighted by molar-refractivity contribution is 5.79. The molecule has 0 heterocycles. The number of carbonyl (C=O) groups excluding carboxylic acids is 1. The highest BCUT2D eigenvalue weighted by Gasteiger charge is 2.31. The summed E-state index contributed by atoms with van der Waals surface area (Å²) in [7, 11) is 0. The van der Waals surface area contributed by atoms with Gasteiger partial charge in [0.25, 0.3) is 0 Å². The molecule has 94 valence electrons. The Labute approximate surface area is 97.6 Å². The first-order chi connectivity index (χ1) is 7.52. The van der Waals surface area contributed by atoms with Crippen molar-refractivity contribution in [3.63, 3.8) is 0 Å². The van der Waals surface area contributed by atoms with Crippen molar-refractivity contribution < 1.29 is 9.90 Å². The number of hydrogen-bond donors (Lipinski definition) is 3. The van der Waals surface area contributed by atoms with Gasteiger partial charge in [0.05, 0.1) is 11.5 Å². The van der Waals surface area contributed by atoms with Crippen molar-refractivity contribution in [2.24, 2.45) is 11.7 Å². The van der Waals surface area contributed by atoms with Crippen molar-refractivity contribution in [2.75, 3.05) is 6.54 Å². The lowest BCUT2D eigenvalue weighted by atomic mass is 9.96. The Balaban J connectivity index is 2.40. The van der Waals surface area contributed by atoms with Crippen LogP contribution in [0.25, 0.3) is 0 Å². The summed E-state index contributed by atoms with van der Waals surface area (Å²) in [6.07, 6.45) is 4.15. The van der Waals surface area contributed by atoms with Crippen LogP contribution >= 0.6 is 0 Å². The summed E-state index contributed by atoms with van der Waals surface area (Å²) in [6, 6.07) is -0.00338. The summed E-state index contributed by atoms with van der Waals surface area (Å²) in [5, 5.41) is 12.9. The zero-order valence-electron chi connectivity index (χ0n) is 10.3. The summed E-state index contributed by atoms with van der Waals surface area (Å²) in [6.45, 7) is 4.19. The molecular formula is C12H24N2O2. The molecule has 0 aliphatic heterocycles. The number of amides is 1. The summed E-state index contributed by atoms with van der Waals surface area (Å²) < 4.78 is 0. The Bertz CT molecular complexity index is 239. The molecule has 0 saturated heterocycles. The largest absolute Gasteiger partial charge is 0.388 e. The number of rotatable bonds is 5. The van der Waals surface area contributed by atoms with Crippen LogP contribution in [0.5, 0.6) is 0 Å². The SMILES string of the molecule is CCC(O)(CC)CNC(=O)C1CCCC1N. The lowest BCUT2D eigenvalue weighted by molar-refractivity contribution is -0.126. The Morgan fingerprint density at radius 2 is 2.06 bits per heavy atom. The van der Waals surface area contributed by atoms with Crippen molar-refractivity contribution in [2.45, 2.75) is 57.6 Å². The van der Waals surface area contributed by atoms with E-state index in [4.69, 9.17) is 5.73 Å². The Kier molecular flexibility index (Phi) is 4.74. The maximum Gasteiger partial charge on any atom is 0.224 e. The fourth-order valence-corrected chi connectivity index (χ4v) is 2.20. The van der Waals surface area contributed by atoms with Crippen LogP contribution in [0.1, 0.15) is 46.0 Å². The quantitative estimate of drug-likeness (QED) is 0.651. The lowest BCUT2D eigenvalue weighted by Gasteiger charge is -2.26. The summed E-state index contributed by atoms with van der Waals surface area (Å²) in [4.78, 5) is 11.8. The van der Waals surface area contributed by atoms with Crippen molar-refractivity contribution in [1.29, 1.82) is 0 Å². The van der Waals surface area contributed by atoms with Gasteiger partial charge in [0.1, 0.15) is 0 Å². The fourth-order valence-electron chi connectivity index (χ4n) is 2.20. The molecule has 2 unspecified atom stereocenters. The third-order valence-corrected chi connectivity index (χ3v) is 3.81. The first kappa shape index (κ1) is 13.5. The average Bonchev–Trinajstić information content (AvgIpc) is 2.72. The maximum atomic E-state index is 11.8. The monoisotopic (exact) mass is 228 g/mol. The van der Waals surface area contributed by atoms with E-state index in [1.165, 1.54) is 0 Å². The number of carbonyl (C=O) groups is 1. The van der Waals surface area contributed by atoms with E-state index >= 15 is 0 Å². The second kappa shape index (κ2) is 5.64. The summed E-state index contributed by atoms with van der Waals surface area (Å²) in [5.74, 6) is -0.0525. The molecule has 0 spiro atoms. The number of nitrogens with two attached hydrogens (primary N) is 1. The number of hydrogen-bond acceptors (Lipinski definition) is 3. The number of nitrogens with one attached hydrogen (secondary N) is 1. The van der Waals surface area contributed by atoms with Crippen LogP contribution in [0.4, 0.5) is 0 Å². The molecule has 1 amide bonds.